The molecule has 0 aliphatic carbocycles. The summed E-state index contributed by atoms with van der Waals surface area (Å²) in [6.45, 7) is 9.29. The molecule has 0 radical (unpaired) electrons. The average molecular weight is 511 g/mol. The molecule has 0 aliphatic rings. The Bertz CT molecular complexity index is 1080. The van der Waals surface area contributed by atoms with Crippen molar-refractivity contribution in [3.63, 3.8) is 0 Å². The first-order chi connectivity index (χ1) is 14.4. The lowest BCUT2D eigenvalue weighted by Gasteiger charge is -2.21. The molecule has 2 amide bonds. The molecule has 0 fully saturated rings. The minimum atomic E-state index is -4.30. The van der Waals surface area contributed by atoms with Crippen LogP contribution in [0, 0.1) is 0 Å². The van der Waals surface area contributed by atoms with Crippen LogP contribution in [0.2, 0.25) is 0 Å². The van der Waals surface area contributed by atoms with E-state index in [0.717, 1.165) is 15.6 Å². The number of rotatable bonds is 7. The van der Waals surface area contributed by atoms with Crippen molar-refractivity contribution in [3.8, 4) is 5.75 Å². The Kier molecular flexibility index (Phi) is 7.88. The normalized spacial score (nSPS) is 11.5. The zero-order chi connectivity index (χ0) is 23.5. The van der Waals surface area contributed by atoms with E-state index in [1.807, 2.05) is 44.5 Å². The Labute approximate surface area is 191 Å². The smallest absolute Gasteiger partial charge is 0.333 e. The molecule has 0 bridgehead atoms. The van der Waals surface area contributed by atoms with Crippen LogP contribution in [-0.2, 0) is 10.0 Å². The van der Waals surface area contributed by atoms with Crippen LogP contribution >= 0.6 is 15.9 Å². The van der Waals surface area contributed by atoms with E-state index in [0.29, 0.717) is 5.69 Å². The van der Waals surface area contributed by atoms with Crippen LogP contribution in [0.4, 0.5) is 10.5 Å². The van der Waals surface area contributed by atoms with Crippen molar-refractivity contribution in [2.75, 3.05) is 12.4 Å². The Balaban J connectivity index is 2.43. The van der Waals surface area contributed by atoms with Gasteiger partial charge >= 0.3 is 6.03 Å². The van der Waals surface area contributed by atoms with Crippen LogP contribution in [-0.4, -0.2) is 27.3 Å². The molecule has 2 aromatic rings. The number of nitrogens with one attached hydrogen (secondary N) is 2. The van der Waals surface area contributed by atoms with Crippen LogP contribution < -0.4 is 14.8 Å². The number of benzene rings is 2. The van der Waals surface area contributed by atoms with Crippen LogP contribution in [0.15, 0.2) is 39.7 Å². The summed E-state index contributed by atoms with van der Waals surface area (Å²) in [6.07, 6.45) is 0. The summed E-state index contributed by atoms with van der Waals surface area (Å²) in [7, 11) is -2.99. The van der Waals surface area contributed by atoms with Gasteiger partial charge < -0.3 is 10.1 Å². The van der Waals surface area contributed by atoms with Gasteiger partial charge in [0.2, 0.25) is 0 Å². The number of Topliss-reactive ketones (excluding diaryl/α,β-unsaturated/α-hetero) is 1. The summed E-state index contributed by atoms with van der Waals surface area (Å²) in [5.41, 5.74) is 2.52. The second kappa shape index (κ2) is 9.82. The fraction of sp³-hybridized carbons (Fsp3) is 0.364. The molecule has 0 heterocycles. The van der Waals surface area contributed by atoms with Gasteiger partial charge in [0.25, 0.3) is 10.0 Å². The number of hydrogen-bond acceptors (Lipinski definition) is 5. The van der Waals surface area contributed by atoms with Gasteiger partial charge in [-0.25, -0.2) is 17.9 Å². The second-order valence-electron chi connectivity index (χ2n) is 7.75. The molecular formula is C22H27BrN2O5S. The molecule has 2 aromatic carbocycles. The summed E-state index contributed by atoms with van der Waals surface area (Å²) in [4.78, 5) is 24.1. The van der Waals surface area contributed by atoms with Crippen LogP contribution in [0.3, 0.4) is 0 Å². The third-order valence-electron chi connectivity index (χ3n) is 4.73. The van der Waals surface area contributed by atoms with E-state index in [2.05, 4.69) is 21.2 Å². The van der Waals surface area contributed by atoms with E-state index in [9.17, 15) is 18.0 Å². The van der Waals surface area contributed by atoms with Gasteiger partial charge in [0.1, 0.15) is 10.6 Å². The van der Waals surface area contributed by atoms with E-state index >= 15 is 0 Å². The minimum Gasteiger partial charge on any atom is -0.495 e. The van der Waals surface area contributed by atoms with Crippen molar-refractivity contribution in [2.24, 2.45) is 0 Å². The number of anilines is 1. The minimum absolute atomic E-state index is 0.0275. The maximum Gasteiger partial charge on any atom is 0.333 e. The molecule has 9 heteroatoms. The van der Waals surface area contributed by atoms with Gasteiger partial charge in [-0.1, -0.05) is 43.6 Å². The Morgan fingerprint density at radius 1 is 1.00 bits per heavy atom. The van der Waals surface area contributed by atoms with Crippen molar-refractivity contribution in [1.82, 2.24) is 4.72 Å². The predicted octanol–water partition coefficient (Wildman–Crippen LogP) is 5.42. The maximum atomic E-state index is 12.9. The third-order valence-corrected chi connectivity index (χ3v) is 6.54. The number of carbonyl (C=O) groups is 2. The number of amides is 2. The Morgan fingerprint density at radius 2 is 1.55 bits per heavy atom. The summed E-state index contributed by atoms with van der Waals surface area (Å²) in [6, 6.07) is 6.94. The van der Waals surface area contributed by atoms with Gasteiger partial charge in [-0.05, 0) is 60.2 Å². The van der Waals surface area contributed by atoms with Gasteiger partial charge in [0, 0.05) is 15.7 Å². The van der Waals surface area contributed by atoms with Crippen molar-refractivity contribution in [2.45, 2.75) is 51.3 Å². The predicted molar refractivity (Wildman–Crippen MR) is 125 cm³/mol. The van der Waals surface area contributed by atoms with E-state index in [1.165, 1.54) is 32.2 Å². The number of methoxy groups -OCH3 is 1. The fourth-order valence-electron chi connectivity index (χ4n) is 3.13. The Hall–Kier alpha value is -2.39. The quantitative estimate of drug-likeness (QED) is 0.484. The van der Waals surface area contributed by atoms with E-state index in [4.69, 9.17) is 4.74 Å². The maximum absolute atomic E-state index is 12.9. The molecule has 0 aromatic heterocycles. The first-order valence-electron chi connectivity index (χ1n) is 9.73. The highest BCUT2D eigenvalue weighted by molar-refractivity contribution is 9.10. The highest BCUT2D eigenvalue weighted by Gasteiger charge is 2.25. The molecule has 0 saturated carbocycles. The Morgan fingerprint density at radius 3 is 2.00 bits per heavy atom. The van der Waals surface area contributed by atoms with Gasteiger partial charge in [-0.3, -0.25) is 4.79 Å². The SMILES string of the molecule is COc1ccc(C(C)=O)cc1S(=O)(=O)NC(=O)Nc1c(C(C)C)cc(Br)cc1C(C)C. The molecule has 0 atom stereocenters. The highest BCUT2D eigenvalue weighted by Crippen LogP contribution is 2.35. The van der Waals surface area contributed by atoms with Crippen LogP contribution in [0.1, 0.15) is 67.9 Å². The summed E-state index contributed by atoms with van der Waals surface area (Å²) < 4.78 is 33.8. The van der Waals surface area contributed by atoms with Gasteiger partial charge in [-0.15, -0.1) is 0 Å². The number of hydrogen-bond donors (Lipinski definition) is 2. The topological polar surface area (TPSA) is 102 Å². The number of carbonyl (C=O) groups excluding carboxylic acids is 2. The summed E-state index contributed by atoms with van der Waals surface area (Å²) in [5.74, 6) is -0.0928. The molecule has 0 spiro atoms. The molecule has 2 rings (SSSR count). The van der Waals surface area contributed by atoms with E-state index in [1.54, 1.807) is 0 Å². The van der Waals surface area contributed by atoms with Crippen molar-refractivity contribution in [3.05, 3.63) is 51.5 Å². The number of halogens is 1. The zero-order valence-corrected chi connectivity index (χ0v) is 20.8. The third kappa shape index (κ3) is 5.86. The lowest BCUT2D eigenvalue weighted by Crippen LogP contribution is -2.35. The van der Waals surface area contributed by atoms with Crippen molar-refractivity contribution < 1.29 is 22.7 Å². The van der Waals surface area contributed by atoms with E-state index in [-0.39, 0.29) is 33.8 Å². The monoisotopic (exact) mass is 510 g/mol. The molecule has 0 aliphatic heterocycles. The summed E-state index contributed by atoms with van der Waals surface area (Å²) in [5, 5.41) is 2.71. The van der Waals surface area contributed by atoms with Crippen LogP contribution in [0.5, 0.6) is 5.75 Å². The summed E-state index contributed by atoms with van der Waals surface area (Å²) >= 11 is 3.50. The van der Waals surface area contributed by atoms with Crippen molar-refractivity contribution >= 4 is 43.5 Å². The molecule has 0 unspecified atom stereocenters. The van der Waals surface area contributed by atoms with Gasteiger partial charge in [0.05, 0.1) is 7.11 Å². The van der Waals surface area contributed by atoms with E-state index < -0.39 is 16.1 Å². The van der Waals surface area contributed by atoms with Crippen LogP contribution in [0.25, 0.3) is 0 Å². The number of urea groups is 1. The average Bonchev–Trinajstić information content (AvgIpc) is 2.67. The lowest BCUT2D eigenvalue weighted by atomic mass is 9.93. The molecule has 168 valence electrons. The molecule has 31 heavy (non-hydrogen) atoms. The zero-order valence-electron chi connectivity index (χ0n) is 18.4. The number of ether oxygens (including phenoxy) is 1. The fourth-order valence-corrected chi connectivity index (χ4v) is 4.72. The standard InChI is InChI=1S/C22H27BrN2O5S/c1-12(2)17-10-16(23)11-18(13(3)4)21(17)24-22(27)25-31(28,29)20-9-15(14(5)26)7-8-19(20)30-6/h7-13H,1-6H3,(H2,24,25,27). The highest BCUT2D eigenvalue weighted by atomic mass is 79.9. The van der Waals surface area contributed by atoms with Crippen molar-refractivity contribution in [1.29, 1.82) is 0 Å². The van der Waals surface area contributed by atoms with Gasteiger partial charge in [0.15, 0.2) is 5.78 Å². The largest absolute Gasteiger partial charge is 0.495 e. The first-order valence-corrected chi connectivity index (χ1v) is 12.0. The second-order valence-corrected chi connectivity index (χ2v) is 10.3. The van der Waals surface area contributed by atoms with Gasteiger partial charge in [-0.2, -0.15) is 0 Å². The first kappa shape index (κ1) is 24.9. The number of sulfonamides is 1. The molecule has 2 N–H and O–H groups in total. The number of ketones is 1. The lowest BCUT2D eigenvalue weighted by molar-refractivity contribution is 0.101. The molecule has 0 saturated heterocycles. The molecular weight excluding hydrogens is 484 g/mol. The molecule has 7 nitrogen and oxygen atoms in total.